The molecule has 1 fully saturated rings. The van der Waals surface area contributed by atoms with Gasteiger partial charge in [-0.15, -0.1) is 11.3 Å². The molecule has 0 radical (unpaired) electrons. The molecule has 3 aliphatic rings. The molecule has 3 aliphatic heterocycles. The molecule has 1 atom stereocenters. The monoisotopic (exact) mass is 604 g/mol. The molecule has 226 valence electrons. The molecule has 10 nitrogen and oxygen atoms in total. The average Bonchev–Trinajstić information content (AvgIpc) is 3.38. The number of hydrogen-bond donors (Lipinski definition) is 3. The van der Waals surface area contributed by atoms with E-state index < -0.39 is 23.3 Å². The number of thiazole rings is 1. The quantitative estimate of drug-likeness (QED) is 0.412. The smallest absolute Gasteiger partial charge is 0.326 e. The van der Waals surface area contributed by atoms with Crippen LogP contribution in [0.5, 0.6) is 11.5 Å². The largest absolute Gasteiger partial charge is 0.480 e. The van der Waals surface area contributed by atoms with E-state index in [1.165, 1.54) is 11.3 Å². The fraction of sp³-hybridized carbons (Fsp3) is 0.406. The normalized spacial score (nSPS) is 19.1. The molecular formula is C32H36N4O6S. The van der Waals surface area contributed by atoms with Crippen molar-refractivity contribution in [2.45, 2.75) is 58.4 Å². The van der Waals surface area contributed by atoms with Gasteiger partial charge in [-0.05, 0) is 68.0 Å². The molecule has 43 heavy (non-hydrogen) atoms. The van der Waals surface area contributed by atoms with Crippen LogP contribution in [0.25, 0.3) is 0 Å². The Labute approximate surface area is 254 Å². The van der Waals surface area contributed by atoms with Gasteiger partial charge in [-0.25, -0.2) is 9.78 Å². The van der Waals surface area contributed by atoms with Gasteiger partial charge in [-0.3, -0.25) is 14.4 Å². The number of nitrogens with one attached hydrogen (secondary N) is 2. The number of aryl methyl sites for hydroxylation is 2. The number of aliphatic carboxylic acids is 1. The van der Waals surface area contributed by atoms with Gasteiger partial charge < -0.3 is 25.4 Å². The zero-order valence-corrected chi connectivity index (χ0v) is 25.2. The predicted molar refractivity (Wildman–Crippen MR) is 161 cm³/mol. The van der Waals surface area contributed by atoms with Crippen LogP contribution >= 0.6 is 11.3 Å². The van der Waals surface area contributed by atoms with Crippen molar-refractivity contribution in [2.75, 3.05) is 19.6 Å². The maximum Gasteiger partial charge on any atom is 0.326 e. The summed E-state index contributed by atoms with van der Waals surface area (Å²) in [7, 11) is 0. The van der Waals surface area contributed by atoms with Crippen molar-refractivity contribution in [2.24, 2.45) is 5.41 Å². The Kier molecular flexibility index (Phi) is 9.10. The summed E-state index contributed by atoms with van der Waals surface area (Å²) in [5.74, 6) is -0.631. The first-order valence-electron chi connectivity index (χ1n) is 14.6. The third-order valence-electron chi connectivity index (χ3n) is 8.14. The maximum absolute atomic E-state index is 13.8. The van der Waals surface area contributed by atoms with Crippen LogP contribution in [0.4, 0.5) is 0 Å². The van der Waals surface area contributed by atoms with Crippen LogP contribution in [-0.2, 0) is 33.6 Å². The van der Waals surface area contributed by atoms with Gasteiger partial charge in [0.05, 0.1) is 16.1 Å². The van der Waals surface area contributed by atoms with Gasteiger partial charge in [0.25, 0.3) is 5.91 Å². The molecule has 4 bridgehead atoms. The number of aromatic nitrogens is 1. The number of nitrogens with zero attached hydrogens (tertiary/aromatic N) is 2. The average molecular weight is 605 g/mol. The lowest BCUT2D eigenvalue weighted by atomic mass is 9.72. The molecule has 3 aromatic rings. The molecule has 0 aliphatic carbocycles. The van der Waals surface area contributed by atoms with Gasteiger partial charge in [0, 0.05) is 32.5 Å². The Morgan fingerprint density at radius 2 is 1.84 bits per heavy atom. The zero-order chi connectivity index (χ0) is 30.6. The Hall–Kier alpha value is -4.25. The van der Waals surface area contributed by atoms with E-state index in [1.54, 1.807) is 29.2 Å². The minimum Gasteiger partial charge on any atom is -0.480 e. The number of likely N-dealkylation sites (tertiary alicyclic amines) is 1. The number of amides is 3. The minimum atomic E-state index is -1.14. The van der Waals surface area contributed by atoms with E-state index in [0.717, 1.165) is 28.2 Å². The molecule has 1 saturated heterocycles. The third kappa shape index (κ3) is 7.05. The number of carboxylic acid groups (broad SMARTS) is 1. The number of carbonyl (C=O) groups is 4. The summed E-state index contributed by atoms with van der Waals surface area (Å²) < 4.78 is 6.09. The first-order valence-corrected chi connectivity index (χ1v) is 15.4. The molecule has 0 saturated carbocycles. The fourth-order valence-electron chi connectivity index (χ4n) is 5.69. The number of benzene rings is 2. The second kappa shape index (κ2) is 12.9. The SMILES string of the molecule is CCc1nc(C)c(C(=O)N2CCC3(CC2)Cc2cccc(c2)Oc2ccc(cc2)C[C@@H](C(=O)O)NC(=O)CCNC3=O)s1. The van der Waals surface area contributed by atoms with Gasteiger partial charge in [0.1, 0.15) is 22.4 Å². The molecule has 3 N–H and O–H groups in total. The van der Waals surface area contributed by atoms with Crippen LogP contribution in [0.3, 0.4) is 0 Å². The molecular weight excluding hydrogens is 568 g/mol. The van der Waals surface area contributed by atoms with Gasteiger partial charge >= 0.3 is 5.97 Å². The van der Waals surface area contributed by atoms with Crippen LogP contribution in [0.1, 0.15) is 57.7 Å². The topological polar surface area (TPSA) is 138 Å². The molecule has 2 aromatic carbocycles. The fourth-order valence-corrected chi connectivity index (χ4v) is 6.66. The Bertz CT molecular complexity index is 1510. The summed E-state index contributed by atoms with van der Waals surface area (Å²) in [6, 6.07) is 13.6. The number of piperidine rings is 1. The van der Waals surface area contributed by atoms with Crippen molar-refractivity contribution in [3.05, 3.63) is 75.2 Å². The highest BCUT2D eigenvalue weighted by Gasteiger charge is 2.43. The summed E-state index contributed by atoms with van der Waals surface area (Å²) in [6.45, 7) is 4.76. The van der Waals surface area contributed by atoms with E-state index in [0.29, 0.717) is 48.7 Å². The van der Waals surface area contributed by atoms with Crippen LogP contribution in [0, 0.1) is 12.3 Å². The van der Waals surface area contributed by atoms with Crippen LogP contribution in [-0.4, -0.2) is 64.4 Å². The standard InChI is InChI=1S/C32H36N4O6S/c1-3-27-34-20(2)28(43-27)29(38)36-15-12-32(13-16-36)19-22-5-4-6-24(17-22)42-23-9-7-21(8-10-23)18-25(30(39)40)35-26(37)11-14-33-31(32)41/h4-10,17,25H,3,11-16,18-19H2,1-2H3,(H,33,41)(H,35,37)(H,39,40)/t25-/m0/s1. The second-order valence-corrected chi connectivity index (χ2v) is 12.3. The summed E-state index contributed by atoms with van der Waals surface area (Å²) in [5.41, 5.74) is 1.60. The van der Waals surface area contributed by atoms with Crippen LogP contribution < -0.4 is 15.4 Å². The highest BCUT2D eigenvalue weighted by atomic mass is 32.1. The molecule has 6 rings (SSSR count). The number of carboxylic acids is 1. The maximum atomic E-state index is 13.8. The van der Waals surface area contributed by atoms with Crippen molar-refractivity contribution in [1.29, 1.82) is 0 Å². The summed E-state index contributed by atoms with van der Waals surface area (Å²) in [6.07, 6.45) is 2.16. The van der Waals surface area contributed by atoms with Gasteiger partial charge in [-0.2, -0.15) is 0 Å². The van der Waals surface area contributed by atoms with E-state index in [2.05, 4.69) is 15.6 Å². The van der Waals surface area contributed by atoms with Gasteiger partial charge in [0.2, 0.25) is 11.8 Å². The molecule has 1 spiro atoms. The number of hydrogen-bond acceptors (Lipinski definition) is 7. The zero-order valence-electron chi connectivity index (χ0n) is 24.4. The Morgan fingerprint density at radius 3 is 2.51 bits per heavy atom. The van der Waals surface area contributed by atoms with Crippen molar-refractivity contribution >= 4 is 35.0 Å². The van der Waals surface area contributed by atoms with E-state index in [9.17, 15) is 24.3 Å². The van der Waals surface area contributed by atoms with Crippen LogP contribution in [0.2, 0.25) is 0 Å². The lowest BCUT2D eigenvalue weighted by Crippen LogP contribution is -2.51. The van der Waals surface area contributed by atoms with E-state index in [1.807, 2.05) is 38.1 Å². The molecule has 3 amide bonds. The van der Waals surface area contributed by atoms with E-state index in [4.69, 9.17) is 4.74 Å². The lowest BCUT2D eigenvalue weighted by Gasteiger charge is -2.41. The predicted octanol–water partition coefficient (Wildman–Crippen LogP) is 3.90. The molecule has 0 unspecified atom stereocenters. The molecule has 1 aromatic heterocycles. The number of carbonyl (C=O) groups excluding carboxylic acids is 3. The molecule has 4 heterocycles. The van der Waals surface area contributed by atoms with Crippen molar-refractivity contribution in [3.63, 3.8) is 0 Å². The summed E-state index contributed by atoms with van der Waals surface area (Å²) >= 11 is 1.43. The Morgan fingerprint density at radius 1 is 1.09 bits per heavy atom. The minimum absolute atomic E-state index is 0.0527. The van der Waals surface area contributed by atoms with E-state index in [-0.39, 0.29) is 31.2 Å². The second-order valence-electron chi connectivity index (χ2n) is 11.2. The number of ether oxygens (including phenoxy) is 1. The van der Waals surface area contributed by atoms with Crippen molar-refractivity contribution in [1.82, 2.24) is 20.5 Å². The Balaban J connectivity index is 1.39. The van der Waals surface area contributed by atoms with Crippen LogP contribution in [0.15, 0.2) is 48.5 Å². The first-order chi connectivity index (χ1) is 20.7. The number of rotatable bonds is 3. The van der Waals surface area contributed by atoms with Crippen molar-refractivity contribution in [3.8, 4) is 11.5 Å². The lowest BCUT2D eigenvalue weighted by molar-refractivity contribution is -0.142. The molecule has 11 heteroatoms. The summed E-state index contributed by atoms with van der Waals surface area (Å²) in [4.78, 5) is 58.6. The summed E-state index contributed by atoms with van der Waals surface area (Å²) in [5, 5.41) is 16.1. The third-order valence-corrected chi connectivity index (χ3v) is 9.43. The first kappa shape index (κ1) is 30.2. The van der Waals surface area contributed by atoms with E-state index >= 15 is 0 Å². The van der Waals surface area contributed by atoms with Gasteiger partial charge in [0.15, 0.2) is 0 Å². The van der Waals surface area contributed by atoms with Crippen molar-refractivity contribution < 1.29 is 29.0 Å². The van der Waals surface area contributed by atoms with Gasteiger partial charge in [-0.1, -0.05) is 31.2 Å². The number of fused-ring (bicyclic) bond motifs is 9. The highest BCUT2D eigenvalue weighted by molar-refractivity contribution is 7.13. The highest BCUT2D eigenvalue weighted by Crippen LogP contribution is 2.38.